The Morgan fingerprint density at radius 2 is 1.89 bits per heavy atom. The smallest absolute Gasteiger partial charge is 0.225 e. The molecule has 0 unspecified atom stereocenters. The highest BCUT2D eigenvalue weighted by atomic mass is 35.5. The first kappa shape index (κ1) is 18.2. The average molecular weight is 422 g/mol. The Kier molecular flexibility index (Phi) is 4.53. The molecule has 1 N–H and O–H groups in total. The van der Waals surface area contributed by atoms with Crippen LogP contribution in [0.2, 0.25) is 5.02 Å². The van der Waals surface area contributed by atoms with E-state index in [1.165, 1.54) is 47.0 Å². The van der Waals surface area contributed by atoms with Gasteiger partial charge in [-0.15, -0.1) is 11.3 Å². The van der Waals surface area contributed by atoms with Gasteiger partial charge in [-0.1, -0.05) is 35.9 Å². The molecule has 138 valence electrons. The molecule has 1 amide bonds. The van der Waals surface area contributed by atoms with Crippen LogP contribution in [-0.4, -0.2) is 14.3 Å². The maximum atomic E-state index is 13.4. The third-order valence-corrected chi connectivity index (χ3v) is 7.80. The van der Waals surface area contributed by atoms with Crippen molar-refractivity contribution in [1.29, 1.82) is 0 Å². The van der Waals surface area contributed by atoms with Crippen LogP contribution in [0.25, 0.3) is 0 Å². The number of thiophene rings is 1. The van der Waals surface area contributed by atoms with Gasteiger partial charge in [-0.3, -0.25) is 4.79 Å². The predicted octanol–water partition coefficient (Wildman–Crippen LogP) is 4.85. The monoisotopic (exact) mass is 421 g/mol. The van der Waals surface area contributed by atoms with Crippen LogP contribution in [0.1, 0.15) is 22.8 Å². The van der Waals surface area contributed by atoms with Crippen molar-refractivity contribution in [2.75, 3.05) is 5.32 Å². The lowest BCUT2D eigenvalue weighted by Crippen LogP contribution is -2.23. The van der Waals surface area contributed by atoms with E-state index in [0.717, 1.165) is 0 Å². The number of carbonyl (C=O) groups excluding carboxylic acids is 1. The van der Waals surface area contributed by atoms with E-state index in [9.17, 15) is 17.6 Å². The van der Waals surface area contributed by atoms with Crippen LogP contribution in [0.3, 0.4) is 0 Å². The van der Waals surface area contributed by atoms with Gasteiger partial charge in [-0.2, -0.15) is 0 Å². The summed E-state index contributed by atoms with van der Waals surface area (Å²) in [6.07, 6.45) is 0.115. The second-order valence-electron chi connectivity index (χ2n) is 6.13. The minimum absolute atomic E-state index is 0.0602. The summed E-state index contributed by atoms with van der Waals surface area (Å²) in [7, 11) is -3.78. The van der Waals surface area contributed by atoms with Crippen molar-refractivity contribution in [3.63, 3.8) is 0 Å². The second kappa shape index (κ2) is 6.74. The zero-order valence-electron chi connectivity index (χ0n) is 13.8. The van der Waals surface area contributed by atoms with E-state index in [0.29, 0.717) is 10.4 Å². The normalized spacial score (nSPS) is 16.7. The van der Waals surface area contributed by atoms with E-state index in [4.69, 9.17) is 11.6 Å². The topological polar surface area (TPSA) is 63.2 Å². The fourth-order valence-electron chi connectivity index (χ4n) is 3.16. The standard InChI is InChI=1S/C19H13ClFNO3S2/c20-15-8-11(21)6-7-13(15)14-9-17(23)22-18-16(10-26-19(14)18)27(24,25)12-4-2-1-3-5-12/h1-8,10,14H,9H2,(H,22,23)/t14-/m1/s1. The maximum Gasteiger partial charge on any atom is 0.225 e. The Morgan fingerprint density at radius 1 is 1.15 bits per heavy atom. The van der Waals surface area contributed by atoms with Gasteiger partial charge < -0.3 is 5.32 Å². The summed E-state index contributed by atoms with van der Waals surface area (Å²) in [5.41, 5.74) is 0.880. The first-order valence-corrected chi connectivity index (χ1v) is 10.8. The third-order valence-electron chi connectivity index (χ3n) is 4.44. The minimum atomic E-state index is -3.78. The van der Waals surface area contributed by atoms with Gasteiger partial charge in [0.05, 0.1) is 10.6 Å². The molecule has 1 aliphatic rings. The van der Waals surface area contributed by atoms with E-state index in [1.54, 1.807) is 18.2 Å². The van der Waals surface area contributed by atoms with Gasteiger partial charge in [-0.05, 0) is 29.8 Å². The highest BCUT2D eigenvalue weighted by Crippen LogP contribution is 2.47. The van der Waals surface area contributed by atoms with Crippen molar-refractivity contribution in [2.24, 2.45) is 0 Å². The highest BCUT2D eigenvalue weighted by molar-refractivity contribution is 7.91. The highest BCUT2D eigenvalue weighted by Gasteiger charge is 2.35. The second-order valence-corrected chi connectivity index (χ2v) is 9.36. The van der Waals surface area contributed by atoms with Crippen LogP contribution in [0, 0.1) is 5.82 Å². The van der Waals surface area contributed by atoms with E-state index in [2.05, 4.69) is 5.32 Å². The average Bonchev–Trinajstić information content (AvgIpc) is 3.06. The summed E-state index contributed by atoms with van der Waals surface area (Å²) in [6.45, 7) is 0. The van der Waals surface area contributed by atoms with Crippen LogP contribution in [0.4, 0.5) is 10.1 Å². The fourth-order valence-corrected chi connectivity index (χ4v) is 6.38. The predicted molar refractivity (Wildman–Crippen MR) is 103 cm³/mol. The van der Waals surface area contributed by atoms with Gasteiger partial charge in [0.1, 0.15) is 10.7 Å². The lowest BCUT2D eigenvalue weighted by Gasteiger charge is -2.24. The van der Waals surface area contributed by atoms with Gasteiger partial charge in [0.25, 0.3) is 0 Å². The summed E-state index contributed by atoms with van der Waals surface area (Å²) in [5, 5.41) is 4.43. The summed E-state index contributed by atoms with van der Waals surface area (Å²) in [5.74, 6) is -1.20. The molecule has 0 aliphatic carbocycles. The van der Waals surface area contributed by atoms with E-state index < -0.39 is 21.6 Å². The number of sulfone groups is 1. The Hall–Kier alpha value is -2.22. The largest absolute Gasteiger partial charge is 0.324 e. The molecule has 0 spiro atoms. The molecule has 2 heterocycles. The van der Waals surface area contributed by atoms with Gasteiger partial charge in [0.2, 0.25) is 15.7 Å². The molecule has 2 aromatic carbocycles. The molecule has 1 aromatic heterocycles. The number of fused-ring (bicyclic) bond motifs is 1. The van der Waals surface area contributed by atoms with Crippen molar-refractivity contribution in [2.45, 2.75) is 22.1 Å². The molecule has 4 nitrogen and oxygen atoms in total. The number of amides is 1. The summed E-state index contributed by atoms with van der Waals surface area (Å²) >= 11 is 7.43. The minimum Gasteiger partial charge on any atom is -0.324 e. The van der Waals surface area contributed by atoms with Crippen molar-refractivity contribution >= 4 is 44.4 Å². The molecule has 8 heteroatoms. The Labute approximate surface area is 164 Å². The van der Waals surface area contributed by atoms with Crippen molar-refractivity contribution < 1.29 is 17.6 Å². The maximum absolute atomic E-state index is 13.4. The van der Waals surface area contributed by atoms with E-state index in [1.807, 2.05) is 0 Å². The van der Waals surface area contributed by atoms with Gasteiger partial charge >= 0.3 is 0 Å². The lowest BCUT2D eigenvalue weighted by molar-refractivity contribution is -0.116. The Balaban J connectivity index is 1.85. The third kappa shape index (κ3) is 3.16. The molecule has 0 radical (unpaired) electrons. The molecule has 0 fully saturated rings. The van der Waals surface area contributed by atoms with Crippen LogP contribution < -0.4 is 5.32 Å². The van der Waals surface area contributed by atoms with Crippen LogP contribution >= 0.6 is 22.9 Å². The summed E-state index contributed by atoms with van der Waals surface area (Å²) < 4.78 is 39.4. The molecule has 1 aliphatic heterocycles. The van der Waals surface area contributed by atoms with Crippen LogP contribution in [-0.2, 0) is 14.6 Å². The molecule has 1 atom stereocenters. The number of rotatable bonds is 3. The molecule has 4 rings (SSSR count). The van der Waals surface area contributed by atoms with Crippen molar-refractivity contribution in [3.05, 3.63) is 75.2 Å². The molecule has 0 bridgehead atoms. The first-order chi connectivity index (χ1) is 12.9. The van der Waals surface area contributed by atoms with Crippen molar-refractivity contribution in [3.8, 4) is 0 Å². The Bertz CT molecular complexity index is 1140. The molecule has 3 aromatic rings. The number of hydrogen-bond donors (Lipinski definition) is 1. The van der Waals surface area contributed by atoms with Gasteiger partial charge in [0.15, 0.2) is 0 Å². The zero-order chi connectivity index (χ0) is 19.2. The molecular formula is C19H13ClFNO3S2. The zero-order valence-corrected chi connectivity index (χ0v) is 16.2. The number of hydrogen-bond acceptors (Lipinski definition) is 4. The summed E-state index contributed by atoms with van der Waals surface area (Å²) in [6, 6.07) is 12.1. The number of carbonyl (C=O) groups is 1. The molecular weight excluding hydrogens is 409 g/mol. The van der Waals surface area contributed by atoms with Crippen molar-refractivity contribution in [1.82, 2.24) is 0 Å². The van der Waals surface area contributed by atoms with Gasteiger partial charge in [-0.25, -0.2) is 12.8 Å². The number of anilines is 1. The van der Waals surface area contributed by atoms with Crippen LogP contribution in [0.5, 0.6) is 0 Å². The number of nitrogens with one attached hydrogen (secondary N) is 1. The van der Waals surface area contributed by atoms with Crippen LogP contribution in [0.15, 0.2) is 63.7 Å². The lowest BCUT2D eigenvalue weighted by atomic mass is 9.90. The molecule has 0 saturated carbocycles. The Morgan fingerprint density at radius 3 is 2.59 bits per heavy atom. The first-order valence-electron chi connectivity index (χ1n) is 8.04. The fraction of sp³-hybridized carbons (Fsp3) is 0.105. The molecule has 27 heavy (non-hydrogen) atoms. The number of benzene rings is 2. The quantitative estimate of drug-likeness (QED) is 0.657. The number of halogens is 2. The molecule has 0 saturated heterocycles. The summed E-state index contributed by atoms with van der Waals surface area (Å²) in [4.78, 5) is 13.2. The van der Waals surface area contributed by atoms with E-state index >= 15 is 0 Å². The SMILES string of the molecule is O=C1C[C@H](c2ccc(F)cc2Cl)c2scc(S(=O)(=O)c3ccccc3)c2N1. The van der Waals surface area contributed by atoms with E-state index in [-0.39, 0.29) is 32.8 Å². The van der Waals surface area contributed by atoms with Gasteiger partial charge in [0, 0.05) is 27.6 Å².